The van der Waals surface area contributed by atoms with Crippen molar-refractivity contribution in [1.29, 1.82) is 0 Å². The molecule has 0 aliphatic carbocycles. The Balaban J connectivity index is 2.01. The third-order valence-electron chi connectivity index (χ3n) is 4.56. The first-order valence-electron chi connectivity index (χ1n) is 8.70. The highest BCUT2D eigenvalue weighted by atomic mass is 35.5. The lowest BCUT2D eigenvalue weighted by atomic mass is 9.96. The molecule has 0 saturated carbocycles. The van der Waals surface area contributed by atoms with Crippen molar-refractivity contribution in [3.8, 4) is 11.1 Å². The fourth-order valence-electron chi connectivity index (χ4n) is 3.18. The molecule has 1 unspecified atom stereocenters. The number of hydrogen-bond acceptors (Lipinski definition) is 3. The summed E-state index contributed by atoms with van der Waals surface area (Å²) in [5.74, 6) is 0. The van der Waals surface area contributed by atoms with Crippen LogP contribution in [0.2, 0.25) is 5.02 Å². The molecule has 0 fully saturated rings. The summed E-state index contributed by atoms with van der Waals surface area (Å²) in [7, 11) is 0. The fourth-order valence-corrected chi connectivity index (χ4v) is 3.44. The average molecular weight is 415 g/mol. The lowest BCUT2D eigenvalue weighted by Gasteiger charge is -2.17. The Morgan fingerprint density at radius 1 is 0.897 bits per heavy atom. The minimum Gasteiger partial charge on any atom is -0.382 e. The van der Waals surface area contributed by atoms with Crippen LogP contribution in [0.15, 0.2) is 72.9 Å². The van der Waals surface area contributed by atoms with Crippen LogP contribution in [0.5, 0.6) is 0 Å². The molecule has 0 spiro atoms. The van der Waals surface area contributed by atoms with E-state index in [-0.39, 0.29) is 21.8 Å². The van der Waals surface area contributed by atoms with Crippen molar-refractivity contribution in [1.82, 2.24) is 9.97 Å². The van der Waals surface area contributed by atoms with E-state index in [1.165, 1.54) is 6.20 Å². The van der Waals surface area contributed by atoms with Gasteiger partial charge in [0, 0.05) is 11.6 Å². The number of aromatic nitrogens is 2. The third-order valence-corrected chi connectivity index (χ3v) is 4.85. The molecule has 2 aromatic heterocycles. The van der Waals surface area contributed by atoms with Crippen molar-refractivity contribution in [3.05, 3.63) is 94.9 Å². The maximum Gasteiger partial charge on any atom is 0.433 e. The van der Waals surface area contributed by atoms with Gasteiger partial charge in [0.15, 0.2) is 0 Å². The van der Waals surface area contributed by atoms with Crippen LogP contribution in [0.1, 0.15) is 23.1 Å². The van der Waals surface area contributed by atoms with E-state index in [1.54, 1.807) is 30.3 Å². The number of nitrogens with zero attached hydrogens (tertiary/aromatic N) is 2. The zero-order valence-electron chi connectivity index (χ0n) is 14.9. The Morgan fingerprint density at radius 3 is 2.28 bits per heavy atom. The summed E-state index contributed by atoms with van der Waals surface area (Å²) < 4.78 is 40.3. The molecule has 4 rings (SSSR count). The fraction of sp³-hybridized carbons (Fsp3) is 0.0909. The van der Waals surface area contributed by atoms with Gasteiger partial charge in [0.2, 0.25) is 0 Å². The van der Waals surface area contributed by atoms with Crippen LogP contribution in [0.3, 0.4) is 0 Å². The number of aliphatic hydroxyl groups excluding tert-OH is 1. The molecule has 0 saturated heterocycles. The molecule has 2 heterocycles. The summed E-state index contributed by atoms with van der Waals surface area (Å²) in [5, 5.41) is 11.2. The maximum absolute atomic E-state index is 13.4. The molecule has 3 nitrogen and oxygen atoms in total. The van der Waals surface area contributed by atoms with Crippen LogP contribution >= 0.6 is 11.6 Å². The molecule has 0 bridgehead atoms. The van der Waals surface area contributed by atoms with Gasteiger partial charge in [-0.2, -0.15) is 13.2 Å². The number of pyridine rings is 2. The Bertz CT molecular complexity index is 1170. The number of fused-ring (bicyclic) bond motifs is 1. The number of benzene rings is 2. The second-order valence-electron chi connectivity index (χ2n) is 6.47. The summed E-state index contributed by atoms with van der Waals surface area (Å²) in [5.41, 5.74) is 0.680. The first-order chi connectivity index (χ1) is 13.8. The molecular formula is C22H14ClF3N2O. The standard InChI is InChI=1S/C22H14ClF3N2O/c23-17-11-14(13-6-2-1-3-7-13)10-15-16(21(29)18-8-4-5-9-27-18)12-19(22(24,25)26)28-20(15)17/h1-12,21,29H. The summed E-state index contributed by atoms with van der Waals surface area (Å²) >= 11 is 6.33. The number of alkyl halides is 3. The normalized spacial score (nSPS) is 12.9. The Kier molecular flexibility index (Phi) is 4.98. The van der Waals surface area contributed by atoms with Gasteiger partial charge in [0.05, 0.1) is 16.2 Å². The average Bonchev–Trinajstić information content (AvgIpc) is 2.73. The first kappa shape index (κ1) is 19.4. The Labute approximate surface area is 169 Å². The Hall–Kier alpha value is -2.96. The lowest BCUT2D eigenvalue weighted by Crippen LogP contribution is -2.12. The molecule has 1 atom stereocenters. The largest absolute Gasteiger partial charge is 0.433 e. The highest BCUT2D eigenvalue weighted by molar-refractivity contribution is 6.35. The minimum atomic E-state index is -4.69. The van der Waals surface area contributed by atoms with Crippen LogP contribution < -0.4 is 0 Å². The van der Waals surface area contributed by atoms with Gasteiger partial charge < -0.3 is 5.11 Å². The van der Waals surface area contributed by atoms with Gasteiger partial charge >= 0.3 is 6.18 Å². The monoisotopic (exact) mass is 414 g/mol. The van der Waals surface area contributed by atoms with Crippen molar-refractivity contribution in [3.63, 3.8) is 0 Å². The summed E-state index contributed by atoms with van der Waals surface area (Å²) in [6.45, 7) is 0. The predicted molar refractivity (Wildman–Crippen MR) is 105 cm³/mol. The second kappa shape index (κ2) is 7.46. The van der Waals surface area contributed by atoms with Crippen molar-refractivity contribution in [2.75, 3.05) is 0 Å². The van der Waals surface area contributed by atoms with Crippen LogP contribution in [0, 0.1) is 0 Å². The van der Waals surface area contributed by atoms with Gasteiger partial charge in [0.1, 0.15) is 11.8 Å². The van der Waals surface area contributed by atoms with Crippen molar-refractivity contribution in [2.24, 2.45) is 0 Å². The number of halogens is 4. The molecular weight excluding hydrogens is 401 g/mol. The van der Waals surface area contributed by atoms with E-state index in [2.05, 4.69) is 9.97 Å². The quantitative estimate of drug-likeness (QED) is 0.444. The zero-order valence-corrected chi connectivity index (χ0v) is 15.6. The van der Waals surface area contributed by atoms with Crippen LogP contribution in [-0.4, -0.2) is 15.1 Å². The van der Waals surface area contributed by atoms with E-state index < -0.39 is 18.0 Å². The molecule has 0 amide bonds. The van der Waals surface area contributed by atoms with E-state index in [0.717, 1.165) is 11.6 Å². The van der Waals surface area contributed by atoms with Crippen molar-refractivity contribution < 1.29 is 18.3 Å². The molecule has 7 heteroatoms. The van der Waals surface area contributed by atoms with E-state index in [4.69, 9.17) is 11.6 Å². The molecule has 0 aliphatic rings. The molecule has 1 N–H and O–H groups in total. The Morgan fingerprint density at radius 2 is 1.62 bits per heavy atom. The van der Waals surface area contributed by atoms with Gasteiger partial charge in [-0.05, 0) is 47.0 Å². The van der Waals surface area contributed by atoms with Gasteiger partial charge in [-0.25, -0.2) is 4.98 Å². The predicted octanol–water partition coefficient (Wildman–Crippen LogP) is 6.05. The van der Waals surface area contributed by atoms with Gasteiger partial charge in [0.25, 0.3) is 0 Å². The first-order valence-corrected chi connectivity index (χ1v) is 9.08. The second-order valence-corrected chi connectivity index (χ2v) is 6.88. The number of hydrogen-bond donors (Lipinski definition) is 1. The lowest BCUT2D eigenvalue weighted by molar-refractivity contribution is -0.141. The van der Waals surface area contributed by atoms with Crippen molar-refractivity contribution in [2.45, 2.75) is 12.3 Å². The van der Waals surface area contributed by atoms with Crippen LogP contribution in [0.4, 0.5) is 13.2 Å². The van der Waals surface area contributed by atoms with Crippen LogP contribution in [-0.2, 0) is 6.18 Å². The molecule has 0 aliphatic heterocycles. The molecule has 4 aromatic rings. The van der Waals surface area contributed by atoms with E-state index in [9.17, 15) is 18.3 Å². The summed E-state index contributed by atoms with van der Waals surface area (Å²) in [6.07, 6.45) is -4.59. The van der Waals surface area contributed by atoms with E-state index in [1.807, 2.05) is 30.3 Å². The van der Waals surface area contributed by atoms with Crippen LogP contribution in [0.25, 0.3) is 22.0 Å². The van der Waals surface area contributed by atoms with Crippen molar-refractivity contribution >= 4 is 22.5 Å². The molecule has 29 heavy (non-hydrogen) atoms. The minimum absolute atomic E-state index is 0.0221. The van der Waals surface area contributed by atoms with Gasteiger partial charge in [-0.1, -0.05) is 48.0 Å². The van der Waals surface area contributed by atoms with Gasteiger partial charge in [-0.3, -0.25) is 4.98 Å². The zero-order chi connectivity index (χ0) is 20.6. The molecule has 0 radical (unpaired) electrons. The maximum atomic E-state index is 13.4. The molecule has 2 aromatic carbocycles. The highest BCUT2D eigenvalue weighted by Crippen LogP contribution is 2.38. The number of aliphatic hydroxyl groups is 1. The SMILES string of the molecule is OC(c1ccccn1)c1cc(C(F)(F)F)nc2c(Cl)cc(-c3ccccc3)cc12. The summed E-state index contributed by atoms with van der Waals surface area (Å²) in [4.78, 5) is 7.80. The summed E-state index contributed by atoms with van der Waals surface area (Å²) in [6, 6.07) is 18.3. The third kappa shape index (κ3) is 3.81. The molecule has 146 valence electrons. The topological polar surface area (TPSA) is 46.0 Å². The number of rotatable bonds is 3. The highest BCUT2D eigenvalue weighted by Gasteiger charge is 2.34. The van der Waals surface area contributed by atoms with E-state index in [0.29, 0.717) is 10.9 Å². The van der Waals surface area contributed by atoms with E-state index >= 15 is 0 Å². The smallest absolute Gasteiger partial charge is 0.382 e. The van der Waals surface area contributed by atoms with Gasteiger partial charge in [-0.15, -0.1) is 0 Å².